The zero-order valence-corrected chi connectivity index (χ0v) is 8.71. The number of guanidine groups is 1. The quantitative estimate of drug-likeness (QED) is 0.152. The molecule has 0 aliphatic carbocycles. The molecule has 0 saturated carbocycles. The molecule has 0 aromatic rings. The van der Waals surface area contributed by atoms with Crippen LogP contribution in [0.3, 0.4) is 0 Å². The molecular formula is C8H19N5O. The van der Waals surface area contributed by atoms with Gasteiger partial charge in [-0.3, -0.25) is 15.2 Å². The lowest BCUT2D eigenvalue weighted by Gasteiger charge is -2.13. The number of carbonyl (C=O) groups excluding carboxylic acids is 1. The molecule has 0 bridgehead atoms. The van der Waals surface area contributed by atoms with E-state index in [1.54, 1.807) is 6.92 Å². The fraction of sp³-hybridized carbons (Fsp3) is 0.750. The highest BCUT2D eigenvalue weighted by Crippen LogP contribution is 1.87. The van der Waals surface area contributed by atoms with Gasteiger partial charge in [0.15, 0.2) is 0 Å². The Balaban J connectivity index is 4.00. The molecule has 0 aliphatic rings. The van der Waals surface area contributed by atoms with Gasteiger partial charge in [0.1, 0.15) is 6.04 Å². The summed E-state index contributed by atoms with van der Waals surface area (Å²) in [7, 11) is 0. The fourth-order valence-electron chi connectivity index (χ4n) is 0.758. The van der Waals surface area contributed by atoms with Crippen LogP contribution in [-0.2, 0) is 4.79 Å². The largest absolute Gasteiger partial charge is 0.368 e. The molecule has 1 unspecified atom stereocenters. The van der Waals surface area contributed by atoms with Crippen LogP contribution in [0.1, 0.15) is 26.7 Å². The molecule has 0 fully saturated rings. The van der Waals surface area contributed by atoms with E-state index < -0.39 is 11.9 Å². The minimum absolute atomic E-state index is 0.393. The van der Waals surface area contributed by atoms with E-state index in [1.807, 2.05) is 0 Å². The number of unbranched alkanes of at least 4 members (excludes halogenated alkanes) is 1. The van der Waals surface area contributed by atoms with E-state index in [1.165, 1.54) is 0 Å². The third-order valence-electron chi connectivity index (χ3n) is 1.70. The highest BCUT2D eigenvalue weighted by molar-refractivity contribution is 5.87. The van der Waals surface area contributed by atoms with Crippen LogP contribution in [0.15, 0.2) is 4.99 Å². The van der Waals surface area contributed by atoms with E-state index >= 15 is 0 Å². The van der Waals surface area contributed by atoms with Gasteiger partial charge in [-0.05, 0) is 13.3 Å². The van der Waals surface area contributed by atoms with E-state index in [4.69, 9.17) is 11.6 Å². The molecule has 0 aliphatic heterocycles. The van der Waals surface area contributed by atoms with Gasteiger partial charge in [0.2, 0.25) is 11.9 Å². The third-order valence-corrected chi connectivity index (χ3v) is 1.70. The highest BCUT2D eigenvalue weighted by atomic mass is 16.1. The van der Waals surface area contributed by atoms with Crippen molar-refractivity contribution in [1.82, 2.24) is 10.7 Å². The van der Waals surface area contributed by atoms with Gasteiger partial charge in [0.25, 0.3) is 0 Å². The second-order valence-corrected chi connectivity index (χ2v) is 3.00. The molecule has 82 valence electrons. The Morgan fingerprint density at radius 2 is 2.21 bits per heavy atom. The van der Waals surface area contributed by atoms with Crippen LogP contribution in [0.2, 0.25) is 0 Å². The summed E-state index contributed by atoms with van der Waals surface area (Å²) in [5, 5.41) is 2.76. The van der Waals surface area contributed by atoms with Crippen molar-refractivity contribution in [3.63, 3.8) is 0 Å². The van der Waals surface area contributed by atoms with E-state index in [-0.39, 0.29) is 0 Å². The van der Waals surface area contributed by atoms with Crippen LogP contribution >= 0.6 is 0 Å². The first-order valence-electron chi connectivity index (χ1n) is 4.68. The van der Waals surface area contributed by atoms with Gasteiger partial charge in [-0.1, -0.05) is 13.3 Å². The normalized spacial score (nSPS) is 13.5. The number of nitrogens with two attached hydrogens (primary N) is 2. The number of hydrazine groups is 1. The van der Waals surface area contributed by atoms with Crippen LogP contribution in [-0.4, -0.2) is 24.5 Å². The maximum atomic E-state index is 10.7. The average molecular weight is 201 g/mol. The molecule has 1 amide bonds. The Bertz CT molecular complexity index is 204. The lowest BCUT2D eigenvalue weighted by atomic mass is 10.3. The zero-order chi connectivity index (χ0) is 11.0. The van der Waals surface area contributed by atoms with Crippen molar-refractivity contribution in [2.75, 3.05) is 6.54 Å². The van der Waals surface area contributed by atoms with Crippen molar-refractivity contribution in [1.29, 1.82) is 0 Å². The number of aliphatic imine (C=N–C) groups is 1. The first kappa shape index (κ1) is 12.7. The van der Waals surface area contributed by atoms with Gasteiger partial charge in [-0.15, -0.1) is 0 Å². The lowest BCUT2D eigenvalue weighted by molar-refractivity contribution is -0.119. The zero-order valence-electron chi connectivity index (χ0n) is 8.71. The number of nitrogens with zero attached hydrogens (tertiary/aromatic N) is 1. The summed E-state index contributed by atoms with van der Waals surface area (Å²) in [5.41, 5.74) is 7.45. The summed E-state index contributed by atoms with van der Waals surface area (Å²) in [6, 6.07) is -0.480. The summed E-state index contributed by atoms with van der Waals surface area (Å²) in [6.07, 6.45) is 2.05. The molecular weight excluding hydrogens is 182 g/mol. The number of rotatable bonds is 5. The Labute approximate surface area is 84.1 Å². The van der Waals surface area contributed by atoms with Crippen molar-refractivity contribution in [2.24, 2.45) is 16.6 Å². The molecule has 0 heterocycles. The molecule has 0 saturated heterocycles. The van der Waals surface area contributed by atoms with Gasteiger partial charge in [-0.25, -0.2) is 5.84 Å². The number of hydrogen-bond donors (Lipinski definition) is 4. The minimum Gasteiger partial charge on any atom is -0.368 e. The van der Waals surface area contributed by atoms with Gasteiger partial charge in [0.05, 0.1) is 0 Å². The summed E-state index contributed by atoms with van der Waals surface area (Å²) in [6.45, 7) is 4.40. The molecule has 0 rings (SSSR count). The molecule has 0 aromatic heterocycles. The van der Waals surface area contributed by atoms with E-state index in [0.717, 1.165) is 12.8 Å². The van der Waals surface area contributed by atoms with Crippen molar-refractivity contribution < 1.29 is 4.79 Å². The SMILES string of the molecule is CCCCN=C(NN)NC(C)C(N)=O. The monoisotopic (exact) mass is 201 g/mol. The number of primary amides is 1. The number of amides is 1. The molecule has 0 aromatic carbocycles. The Hall–Kier alpha value is -1.30. The summed E-state index contributed by atoms with van der Waals surface area (Å²) in [5.74, 6) is 5.16. The first-order valence-corrected chi connectivity index (χ1v) is 4.68. The lowest BCUT2D eigenvalue weighted by Crippen LogP contribution is -2.50. The third kappa shape index (κ3) is 5.36. The first-order chi connectivity index (χ1) is 6.61. The second kappa shape index (κ2) is 7.14. The molecule has 0 radical (unpaired) electrons. The fourth-order valence-corrected chi connectivity index (χ4v) is 0.758. The minimum atomic E-state index is -0.480. The maximum Gasteiger partial charge on any atom is 0.239 e. The number of nitrogens with one attached hydrogen (secondary N) is 2. The molecule has 14 heavy (non-hydrogen) atoms. The van der Waals surface area contributed by atoms with E-state index in [0.29, 0.717) is 12.5 Å². The van der Waals surface area contributed by atoms with Crippen LogP contribution in [0.4, 0.5) is 0 Å². The molecule has 1 atom stereocenters. The van der Waals surface area contributed by atoms with Gasteiger partial charge in [0, 0.05) is 6.54 Å². The van der Waals surface area contributed by atoms with Crippen molar-refractivity contribution in [3.8, 4) is 0 Å². The van der Waals surface area contributed by atoms with E-state index in [2.05, 4.69) is 22.7 Å². The Morgan fingerprint density at radius 3 is 2.64 bits per heavy atom. The van der Waals surface area contributed by atoms with Gasteiger partial charge < -0.3 is 11.1 Å². The van der Waals surface area contributed by atoms with Crippen LogP contribution in [0.25, 0.3) is 0 Å². The molecule has 6 nitrogen and oxygen atoms in total. The van der Waals surface area contributed by atoms with Crippen LogP contribution in [0, 0.1) is 0 Å². The Morgan fingerprint density at radius 1 is 1.57 bits per heavy atom. The predicted octanol–water partition coefficient (Wildman–Crippen LogP) is -0.931. The van der Waals surface area contributed by atoms with Crippen molar-refractivity contribution in [2.45, 2.75) is 32.7 Å². The molecule has 6 N–H and O–H groups in total. The van der Waals surface area contributed by atoms with Crippen molar-refractivity contribution >= 4 is 11.9 Å². The smallest absolute Gasteiger partial charge is 0.239 e. The topological polar surface area (TPSA) is 106 Å². The second-order valence-electron chi connectivity index (χ2n) is 3.00. The highest BCUT2D eigenvalue weighted by Gasteiger charge is 2.09. The molecule has 0 spiro atoms. The maximum absolute atomic E-state index is 10.7. The summed E-state index contributed by atoms with van der Waals surface area (Å²) in [4.78, 5) is 14.8. The van der Waals surface area contributed by atoms with Gasteiger partial charge >= 0.3 is 0 Å². The molecule has 6 heteroatoms. The average Bonchev–Trinajstić information content (AvgIpc) is 2.16. The summed E-state index contributed by atoms with van der Waals surface area (Å²) < 4.78 is 0. The van der Waals surface area contributed by atoms with Gasteiger partial charge in [-0.2, -0.15) is 0 Å². The number of carbonyl (C=O) groups is 1. The standard InChI is InChI=1S/C8H19N5O/c1-3-4-5-11-8(13-10)12-6(2)7(9)14/h6H,3-5,10H2,1-2H3,(H2,9,14)(H2,11,12,13). The summed E-state index contributed by atoms with van der Waals surface area (Å²) >= 11 is 0. The number of hydrogen-bond acceptors (Lipinski definition) is 3. The van der Waals surface area contributed by atoms with Crippen molar-refractivity contribution in [3.05, 3.63) is 0 Å². The Kier molecular flexibility index (Phi) is 6.47. The van der Waals surface area contributed by atoms with Crippen LogP contribution in [0.5, 0.6) is 0 Å². The predicted molar refractivity (Wildman–Crippen MR) is 56.3 cm³/mol. The van der Waals surface area contributed by atoms with E-state index in [9.17, 15) is 4.79 Å². The van der Waals surface area contributed by atoms with Crippen LogP contribution < -0.4 is 22.3 Å².